The molecule has 0 atom stereocenters. The van der Waals surface area contributed by atoms with Gasteiger partial charge < -0.3 is 15.4 Å². The average molecular weight is 446 g/mol. The van der Waals surface area contributed by atoms with Gasteiger partial charge in [-0.3, -0.25) is 19.3 Å². The molecule has 2 amide bonds. The number of carbonyl (C=O) groups is 3. The van der Waals surface area contributed by atoms with Gasteiger partial charge in [-0.15, -0.1) is 0 Å². The zero-order chi connectivity index (χ0) is 23.6. The molecular formula is C26H27N3O4. The van der Waals surface area contributed by atoms with Gasteiger partial charge in [0.25, 0.3) is 0 Å². The van der Waals surface area contributed by atoms with Crippen LogP contribution >= 0.6 is 0 Å². The standard InChI is InChI=1S/C26H27N3O4/c1-3-29(17-24(30)27-20-13-15-21(33-2)16-14-20)18-25(31)28-23-12-8-7-11-22(23)26(32)19-9-5-4-6-10-19/h4-16H,3,17-18H2,1-2H3,(H,27,30)(H,28,31). The number of benzene rings is 3. The van der Waals surface area contributed by atoms with Gasteiger partial charge in [0, 0.05) is 16.8 Å². The summed E-state index contributed by atoms with van der Waals surface area (Å²) in [4.78, 5) is 39.7. The van der Waals surface area contributed by atoms with Crippen molar-refractivity contribution in [2.75, 3.05) is 37.4 Å². The maximum atomic E-state index is 12.9. The van der Waals surface area contributed by atoms with Crippen molar-refractivity contribution in [3.63, 3.8) is 0 Å². The zero-order valence-corrected chi connectivity index (χ0v) is 18.7. The maximum Gasteiger partial charge on any atom is 0.238 e. The molecule has 0 heterocycles. The van der Waals surface area contributed by atoms with Crippen LogP contribution in [-0.4, -0.2) is 49.2 Å². The first-order chi connectivity index (χ1) is 16.0. The first-order valence-electron chi connectivity index (χ1n) is 10.6. The number of likely N-dealkylation sites (N-methyl/N-ethyl adjacent to an activating group) is 1. The topological polar surface area (TPSA) is 87.7 Å². The number of nitrogens with zero attached hydrogens (tertiary/aromatic N) is 1. The summed E-state index contributed by atoms with van der Waals surface area (Å²) in [6.45, 7) is 2.45. The highest BCUT2D eigenvalue weighted by atomic mass is 16.5. The fraction of sp³-hybridized carbons (Fsp3) is 0.192. The number of amides is 2. The van der Waals surface area contributed by atoms with E-state index in [9.17, 15) is 14.4 Å². The van der Waals surface area contributed by atoms with Gasteiger partial charge in [0.1, 0.15) is 5.75 Å². The molecule has 0 aromatic heterocycles. The molecule has 0 radical (unpaired) electrons. The van der Waals surface area contributed by atoms with Gasteiger partial charge in [0.05, 0.1) is 25.9 Å². The molecule has 170 valence electrons. The summed E-state index contributed by atoms with van der Waals surface area (Å²) >= 11 is 0. The van der Waals surface area contributed by atoms with Crippen LogP contribution in [0.2, 0.25) is 0 Å². The average Bonchev–Trinajstić information content (AvgIpc) is 2.84. The molecule has 0 aliphatic rings. The molecule has 0 saturated heterocycles. The van der Waals surface area contributed by atoms with Crippen LogP contribution in [0.4, 0.5) is 11.4 Å². The lowest BCUT2D eigenvalue weighted by Gasteiger charge is -2.20. The van der Waals surface area contributed by atoms with E-state index in [-0.39, 0.29) is 30.7 Å². The van der Waals surface area contributed by atoms with Gasteiger partial charge in [-0.1, -0.05) is 49.4 Å². The number of ketones is 1. The summed E-state index contributed by atoms with van der Waals surface area (Å²) in [5.41, 5.74) is 2.05. The van der Waals surface area contributed by atoms with Gasteiger partial charge >= 0.3 is 0 Å². The van der Waals surface area contributed by atoms with Gasteiger partial charge in [0.2, 0.25) is 11.8 Å². The molecule has 3 aromatic carbocycles. The van der Waals surface area contributed by atoms with Crippen molar-refractivity contribution >= 4 is 29.0 Å². The molecule has 3 rings (SSSR count). The van der Waals surface area contributed by atoms with Gasteiger partial charge in [0.15, 0.2) is 5.78 Å². The third-order valence-electron chi connectivity index (χ3n) is 5.04. The Hall–Kier alpha value is -3.97. The Labute approximate surface area is 193 Å². The Morgan fingerprint density at radius 3 is 2.03 bits per heavy atom. The third-order valence-corrected chi connectivity index (χ3v) is 5.04. The molecule has 7 nitrogen and oxygen atoms in total. The monoisotopic (exact) mass is 445 g/mol. The van der Waals surface area contributed by atoms with E-state index in [0.29, 0.717) is 34.8 Å². The summed E-state index contributed by atoms with van der Waals surface area (Å²) in [6, 6.07) is 22.8. The quantitative estimate of drug-likeness (QED) is 0.463. The second-order valence-corrected chi connectivity index (χ2v) is 7.37. The Morgan fingerprint density at radius 2 is 1.39 bits per heavy atom. The minimum atomic E-state index is -0.303. The maximum absolute atomic E-state index is 12.9. The van der Waals surface area contributed by atoms with E-state index >= 15 is 0 Å². The van der Waals surface area contributed by atoms with Crippen molar-refractivity contribution in [2.45, 2.75) is 6.92 Å². The molecule has 2 N–H and O–H groups in total. The van der Waals surface area contributed by atoms with E-state index in [0.717, 1.165) is 0 Å². The predicted octanol–water partition coefficient (Wildman–Crippen LogP) is 3.83. The van der Waals surface area contributed by atoms with E-state index in [2.05, 4.69) is 10.6 Å². The van der Waals surface area contributed by atoms with Gasteiger partial charge in [-0.2, -0.15) is 0 Å². The molecule has 0 bridgehead atoms. The third kappa shape index (κ3) is 6.75. The minimum Gasteiger partial charge on any atom is -0.497 e. The number of hydrogen-bond donors (Lipinski definition) is 2. The molecule has 0 aliphatic carbocycles. The summed E-state index contributed by atoms with van der Waals surface area (Å²) in [5.74, 6) is 0.000445. The van der Waals surface area contributed by atoms with E-state index in [1.807, 2.05) is 13.0 Å². The summed E-state index contributed by atoms with van der Waals surface area (Å²) in [7, 11) is 1.58. The number of hydrogen-bond acceptors (Lipinski definition) is 5. The SMILES string of the molecule is CCN(CC(=O)Nc1ccc(OC)cc1)CC(=O)Nc1ccccc1C(=O)c1ccccc1. The van der Waals surface area contributed by atoms with Crippen molar-refractivity contribution in [2.24, 2.45) is 0 Å². The largest absolute Gasteiger partial charge is 0.497 e. The number of carbonyl (C=O) groups excluding carboxylic acids is 3. The smallest absolute Gasteiger partial charge is 0.238 e. The molecule has 0 spiro atoms. The number of anilines is 2. The number of methoxy groups -OCH3 is 1. The lowest BCUT2D eigenvalue weighted by atomic mass is 10.0. The fourth-order valence-electron chi connectivity index (χ4n) is 3.29. The first kappa shape index (κ1) is 23.7. The van der Waals surface area contributed by atoms with Crippen LogP contribution in [-0.2, 0) is 9.59 Å². The van der Waals surface area contributed by atoms with E-state index < -0.39 is 0 Å². The summed E-state index contributed by atoms with van der Waals surface area (Å²) < 4.78 is 5.11. The Morgan fingerprint density at radius 1 is 0.788 bits per heavy atom. The number of para-hydroxylation sites is 1. The van der Waals surface area contributed by atoms with Crippen LogP contribution in [0.15, 0.2) is 78.9 Å². The summed E-state index contributed by atoms with van der Waals surface area (Å²) in [6.07, 6.45) is 0. The molecule has 7 heteroatoms. The molecule has 3 aromatic rings. The van der Waals surface area contributed by atoms with Crippen LogP contribution in [0.25, 0.3) is 0 Å². The van der Waals surface area contributed by atoms with Crippen molar-refractivity contribution in [3.8, 4) is 5.75 Å². The first-order valence-corrected chi connectivity index (χ1v) is 10.6. The van der Waals surface area contributed by atoms with Gasteiger partial charge in [-0.25, -0.2) is 0 Å². The lowest BCUT2D eigenvalue weighted by molar-refractivity contribution is -0.119. The van der Waals surface area contributed by atoms with Crippen molar-refractivity contribution < 1.29 is 19.1 Å². The highest BCUT2D eigenvalue weighted by molar-refractivity contribution is 6.13. The number of ether oxygens (including phenoxy) is 1. The molecule has 0 aliphatic heterocycles. The molecule has 0 unspecified atom stereocenters. The van der Waals surface area contributed by atoms with Crippen molar-refractivity contribution in [1.82, 2.24) is 4.90 Å². The Balaban J connectivity index is 1.60. The van der Waals surface area contributed by atoms with Crippen LogP contribution in [0.5, 0.6) is 5.75 Å². The highest BCUT2D eigenvalue weighted by Gasteiger charge is 2.17. The lowest BCUT2D eigenvalue weighted by Crippen LogP contribution is -2.38. The zero-order valence-electron chi connectivity index (χ0n) is 18.7. The molecule has 33 heavy (non-hydrogen) atoms. The minimum absolute atomic E-state index is 0.0143. The molecule has 0 fully saturated rings. The number of rotatable bonds is 10. The Bertz CT molecular complexity index is 1100. The van der Waals surface area contributed by atoms with Crippen LogP contribution in [0, 0.1) is 0 Å². The molecule has 0 saturated carbocycles. The molecular weight excluding hydrogens is 418 g/mol. The van der Waals surface area contributed by atoms with Crippen LogP contribution in [0.1, 0.15) is 22.8 Å². The Kier molecular flexibility index (Phi) is 8.32. The van der Waals surface area contributed by atoms with E-state index in [1.165, 1.54) is 0 Å². The van der Waals surface area contributed by atoms with Crippen molar-refractivity contribution in [3.05, 3.63) is 90.0 Å². The second-order valence-electron chi connectivity index (χ2n) is 7.37. The predicted molar refractivity (Wildman–Crippen MR) is 129 cm³/mol. The highest BCUT2D eigenvalue weighted by Crippen LogP contribution is 2.19. The van der Waals surface area contributed by atoms with E-state index in [1.54, 1.807) is 84.8 Å². The van der Waals surface area contributed by atoms with Gasteiger partial charge in [-0.05, 0) is 42.9 Å². The number of nitrogens with one attached hydrogen (secondary N) is 2. The second kappa shape index (κ2) is 11.6. The normalized spacial score (nSPS) is 10.5. The summed E-state index contributed by atoms with van der Waals surface area (Å²) in [5, 5.41) is 5.63. The van der Waals surface area contributed by atoms with Crippen LogP contribution in [0.3, 0.4) is 0 Å². The fourth-order valence-corrected chi connectivity index (χ4v) is 3.29. The van der Waals surface area contributed by atoms with E-state index in [4.69, 9.17) is 4.74 Å². The van der Waals surface area contributed by atoms with Crippen LogP contribution < -0.4 is 15.4 Å². The van der Waals surface area contributed by atoms with Crippen molar-refractivity contribution in [1.29, 1.82) is 0 Å².